The van der Waals surface area contributed by atoms with E-state index in [1.54, 1.807) is 0 Å². The standard InChI is InChI=1S/C11H17N5/c1-15(2)11-14-13-10(16(11)3)12-8-9-6-4-5-7-9/h4,6-7H,5,8H2,1-3H3,(H,12,13). The van der Waals surface area contributed by atoms with Crippen molar-refractivity contribution < 1.29 is 0 Å². The molecule has 1 N–H and O–H groups in total. The van der Waals surface area contributed by atoms with Gasteiger partial charge in [-0.15, -0.1) is 10.2 Å². The third kappa shape index (κ3) is 2.08. The van der Waals surface area contributed by atoms with E-state index in [0.29, 0.717) is 0 Å². The molecule has 1 heterocycles. The fraction of sp³-hybridized carbons (Fsp3) is 0.455. The maximum absolute atomic E-state index is 4.11. The summed E-state index contributed by atoms with van der Waals surface area (Å²) in [6.07, 6.45) is 7.53. The number of allylic oxidation sites excluding steroid dienone is 2. The van der Waals surface area contributed by atoms with Gasteiger partial charge in [-0.05, 0) is 12.0 Å². The summed E-state index contributed by atoms with van der Waals surface area (Å²) in [4.78, 5) is 1.94. The summed E-state index contributed by atoms with van der Waals surface area (Å²) in [6, 6.07) is 0. The Labute approximate surface area is 95.5 Å². The molecule has 0 fully saturated rings. The van der Waals surface area contributed by atoms with Gasteiger partial charge in [0.1, 0.15) is 0 Å². The largest absolute Gasteiger partial charge is 0.350 e. The highest BCUT2D eigenvalue weighted by Crippen LogP contribution is 2.14. The summed E-state index contributed by atoms with van der Waals surface area (Å²) in [7, 11) is 5.86. The molecular weight excluding hydrogens is 202 g/mol. The van der Waals surface area contributed by atoms with Crippen LogP contribution in [0.5, 0.6) is 0 Å². The Morgan fingerprint density at radius 2 is 2.25 bits per heavy atom. The average molecular weight is 219 g/mol. The molecule has 1 aliphatic rings. The molecule has 1 aromatic heterocycles. The second kappa shape index (κ2) is 4.38. The number of nitrogens with one attached hydrogen (secondary N) is 1. The summed E-state index contributed by atoms with van der Waals surface area (Å²) in [5.41, 5.74) is 1.30. The molecule has 1 aliphatic carbocycles. The lowest BCUT2D eigenvalue weighted by Crippen LogP contribution is -2.15. The molecule has 0 aliphatic heterocycles. The maximum atomic E-state index is 4.11. The first-order chi connectivity index (χ1) is 7.68. The molecule has 5 nitrogen and oxygen atoms in total. The van der Waals surface area contributed by atoms with Crippen LogP contribution in [0.25, 0.3) is 0 Å². The quantitative estimate of drug-likeness (QED) is 0.826. The number of hydrogen-bond donors (Lipinski definition) is 1. The average Bonchev–Trinajstić information content (AvgIpc) is 2.84. The summed E-state index contributed by atoms with van der Waals surface area (Å²) < 4.78 is 1.94. The molecule has 0 amide bonds. The highest BCUT2D eigenvalue weighted by molar-refractivity contribution is 5.40. The molecule has 86 valence electrons. The van der Waals surface area contributed by atoms with Crippen molar-refractivity contribution in [2.75, 3.05) is 30.9 Å². The first kappa shape index (κ1) is 10.7. The molecule has 16 heavy (non-hydrogen) atoms. The van der Waals surface area contributed by atoms with Gasteiger partial charge >= 0.3 is 0 Å². The zero-order valence-electron chi connectivity index (χ0n) is 9.94. The summed E-state index contributed by atoms with van der Waals surface area (Å²) in [6.45, 7) is 0.801. The lowest BCUT2D eigenvalue weighted by Gasteiger charge is -2.11. The minimum absolute atomic E-state index is 0.796. The number of hydrogen-bond acceptors (Lipinski definition) is 4. The van der Waals surface area contributed by atoms with Crippen molar-refractivity contribution in [3.05, 3.63) is 23.8 Å². The van der Waals surface area contributed by atoms with Crippen molar-refractivity contribution >= 4 is 11.9 Å². The van der Waals surface area contributed by atoms with E-state index < -0.39 is 0 Å². The first-order valence-electron chi connectivity index (χ1n) is 5.34. The highest BCUT2D eigenvalue weighted by atomic mass is 15.4. The molecule has 1 aromatic rings. The molecular formula is C11H17N5. The minimum Gasteiger partial charge on any atom is -0.350 e. The van der Waals surface area contributed by atoms with Gasteiger partial charge in [-0.25, -0.2) is 0 Å². The summed E-state index contributed by atoms with van der Waals surface area (Å²) >= 11 is 0. The lowest BCUT2D eigenvalue weighted by atomic mass is 10.3. The Hall–Kier alpha value is -1.78. The molecule has 0 saturated carbocycles. The van der Waals surface area contributed by atoms with Gasteiger partial charge in [-0.2, -0.15) is 0 Å². The van der Waals surface area contributed by atoms with Crippen LogP contribution in [0.1, 0.15) is 6.42 Å². The van der Waals surface area contributed by atoms with E-state index >= 15 is 0 Å². The molecule has 0 radical (unpaired) electrons. The summed E-state index contributed by atoms with van der Waals surface area (Å²) in [5.74, 6) is 1.64. The number of nitrogens with zero attached hydrogens (tertiary/aromatic N) is 4. The predicted octanol–water partition coefficient (Wildman–Crippen LogP) is 1.18. The van der Waals surface area contributed by atoms with E-state index in [0.717, 1.165) is 24.9 Å². The van der Waals surface area contributed by atoms with Crippen molar-refractivity contribution in [3.63, 3.8) is 0 Å². The second-order valence-electron chi connectivity index (χ2n) is 4.05. The van der Waals surface area contributed by atoms with Crippen LogP contribution in [0.3, 0.4) is 0 Å². The fourth-order valence-corrected chi connectivity index (χ4v) is 1.68. The normalized spacial score (nSPS) is 14.1. The van der Waals surface area contributed by atoms with Crippen molar-refractivity contribution in [3.8, 4) is 0 Å². The van der Waals surface area contributed by atoms with Gasteiger partial charge in [-0.1, -0.05) is 18.2 Å². The third-order valence-electron chi connectivity index (χ3n) is 2.55. The molecule has 0 aromatic carbocycles. The fourth-order valence-electron chi connectivity index (χ4n) is 1.68. The molecule has 0 bridgehead atoms. The smallest absolute Gasteiger partial charge is 0.227 e. The Morgan fingerprint density at radius 3 is 2.81 bits per heavy atom. The molecule has 0 unspecified atom stereocenters. The number of anilines is 2. The second-order valence-corrected chi connectivity index (χ2v) is 4.05. The van der Waals surface area contributed by atoms with E-state index in [1.165, 1.54) is 5.57 Å². The Kier molecular flexibility index (Phi) is 2.94. The third-order valence-corrected chi connectivity index (χ3v) is 2.55. The molecule has 5 heteroatoms. The molecule has 0 spiro atoms. The van der Waals surface area contributed by atoms with Crippen LogP contribution in [0, 0.1) is 0 Å². The van der Waals surface area contributed by atoms with Crippen LogP contribution in [0.15, 0.2) is 23.8 Å². The molecule has 2 rings (SSSR count). The molecule has 0 saturated heterocycles. The van der Waals surface area contributed by atoms with Gasteiger partial charge in [0, 0.05) is 27.7 Å². The highest BCUT2D eigenvalue weighted by Gasteiger charge is 2.09. The van der Waals surface area contributed by atoms with Crippen LogP contribution >= 0.6 is 0 Å². The van der Waals surface area contributed by atoms with Crippen LogP contribution in [0.2, 0.25) is 0 Å². The van der Waals surface area contributed by atoms with E-state index in [1.807, 2.05) is 30.6 Å². The molecule has 0 atom stereocenters. The van der Waals surface area contributed by atoms with E-state index in [2.05, 4.69) is 33.7 Å². The van der Waals surface area contributed by atoms with Gasteiger partial charge in [0.15, 0.2) is 0 Å². The Balaban J connectivity index is 2.02. The Morgan fingerprint density at radius 1 is 1.44 bits per heavy atom. The summed E-state index contributed by atoms with van der Waals surface area (Å²) in [5, 5.41) is 11.5. The number of aromatic nitrogens is 3. The van der Waals surface area contributed by atoms with Crippen LogP contribution < -0.4 is 10.2 Å². The topological polar surface area (TPSA) is 46.0 Å². The van der Waals surface area contributed by atoms with Gasteiger partial charge in [0.05, 0.1) is 0 Å². The van der Waals surface area contributed by atoms with E-state index in [4.69, 9.17) is 0 Å². The van der Waals surface area contributed by atoms with Gasteiger partial charge in [0.25, 0.3) is 0 Å². The van der Waals surface area contributed by atoms with Crippen LogP contribution in [-0.4, -0.2) is 35.4 Å². The lowest BCUT2D eigenvalue weighted by molar-refractivity contribution is 0.867. The first-order valence-corrected chi connectivity index (χ1v) is 5.34. The maximum Gasteiger partial charge on any atom is 0.227 e. The predicted molar refractivity (Wildman–Crippen MR) is 65.7 cm³/mol. The van der Waals surface area contributed by atoms with Crippen molar-refractivity contribution in [1.82, 2.24) is 14.8 Å². The zero-order chi connectivity index (χ0) is 11.5. The number of rotatable bonds is 4. The van der Waals surface area contributed by atoms with Gasteiger partial charge in [0.2, 0.25) is 11.9 Å². The van der Waals surface area contributed by atoms with E-state index in [9.17, 15) is 0 Å². The van der Waals surface area contributed by atoms with Crippen molar-refractivity contribution in [2.45, 2.75) is 6.42 Å². The van der Waals surface area contributed by atoms with Gasteiger partial charge in [-0.3, -0.25) is 4.57 Å². The van der Waals surface area contributed by atoms with Crippen molar-refractivity contribution in [1.29, 1.82) is 0 Å². The SMILES string of the molecule is CN(C)c1nnc(NCC2=CCC=C2)n1C. The van der Waals surface area contributed by atoms with Crippen LogP contribution in [-0.2, 0) is 7.05 Å². The zero-order valence-corrected chi connectivity index (χ0v) is 9.94. The monoisotopic (exact) mass is 219 g/mol. The minimum atomic E-state index is 0.796. The van der Waals surface area contributed by atoms with Gasteiger partial charge < -0.3 is 10.2 Å². The van der Waals surface area contributed by atoms with Crippen LogP contribution in [0.4, 0.5) is 11.9 Å². The van der Waals surface area contributed by atoms with Crippen molar-refractivity contribution in [2.24, 2.45) is 7.05 Å². The van der Waals surface area contributed by atoms with E-state index in [-0.39, 0.29) is 0 Å². The Bertz CT molecular complexity index is 428.